The Morgan fingerprint density at radius 3 is 3.06 bits per heavy atom. The van der Waals surface area contributed by atoms with Crippen LogP contribution in [0, 0.1) is 5.92 Å². The quantitative estimate of drug-likeness (QED) is 0.819. The highest BCUT2D eigenvalue weighted by molar-refractivity contribution is 5.01. The van der Waals surface area contributed by atoms with Crippen LogP contribution >= 0.6 is 0 Å². The van der Waals surface area contributed by atoms with Crippen LogP contribution < -0.4 is 5.73 Å². The van der Waals surface area contributed by atoms with Crippen LogP contribution in [0.5, 0.6) is 0 Å². The lowest BCUT2D eigenvalue weighted by molar-refractivity contribution is 0.352. The van der Waals surface area contributed by atoms with Crippen LogP contribution in [-0.2, 0) is 13.0 Å². The zero-order chi connectivity index (χ0) is 12.3. The van der Waals surface area contributed by atoms with Crippen molar-refractivity contribution in [1.82, 2.24) is 9.55 Å². The van der Waals surface area contributed by atoms with Gasteiger partial charge in [0.2, 0.25) is 0 Å². The molecular formula is C14H25N3. The summed E-state index contributed by atoms with van der Waals surface area (Å²) in [7, 11) is 0. The van der Waals surface area contributed by atoms with Crippen molar-refractivity contribution < 1.29 is 0 Å². The zero-order valence-corrected chi connectivity index (χ0v) is 11.2. The first-order chi connectivity index (χ1) is 8.13. The fourth-order valence-corrected chi connectivity index (χ4v) is 2.89. The summed E-state index contributed by atoms with van der Waals surface area (Å²) < 4.78 is 2.21. The molecule has 1 aliphatic carbocycles. The Hall–Kier alpha value is -0.830. The molecule has 0 aliphatic heterocycles. The summed E-state index contributed by atoms with van der Waals surface area (Å²) in [6.07, 6.45) is 11.0. The Kier molecular flexibility index (Phi) is 3.87. The molecule has 3 nitrogen and oxygen atoms in total. The molecule has 0 amide bonds. The van der Waals surface area contributed by atoms with Gasteiger partial charge in [-0.25, -0.2) is 4.98 Å². The van der Waals surface area contributed by atoms with Crippen molar-refractivity contribution in [1.29, 1.82) is 0 Å². The topological polar surface area (TPSA) is 43.8 Å². The first-order valence-corrected chi connectivity index (χ1v) is 6.92. The summed E-state index contributed by atoms with van der Waals surface area (Å²) in [6.45, 7) is 5.49. The molecular weight excluding hydrogens is 210 g/mol. The van der Waals surface area contributed by atoms with Crippen LogP contribution in [0.4, 0.5) is 0 Å². The molecule has 17 heavy (non-hydrogen) atoms. The van der Waals surface area contributed by atoms with Crippen molar-refractivity contribution in [3.63, 3.8) is 0 Å². The summed E-state index contributed by atoms with van der Waals surface area (Å²) in [6, 6.07) is 0. The fourth-order valence-electron chi connectivity index (χ4n) is 2.89. The molecule has 2 N–H and O–H groups in total. The molecule has 0 bridgehead atoms. The van der Waals surface area contributed by atoms with Crippen molar-refractivity contribution in [3.05, 3.63) is 18.2 Å². The van der Waals surface area contributed by atoms with E-state index in [0.29, 0.717) is 0 Å². The van der Waals surface area contributed by atoms with Crippen LogP contribution in [0.2, 0.25) is 0 Å². The first kappa shape index (κ1) is 12.6. The molecule has 2 atom stereocenters. The maximum Gasteiger partial charge on any atom is 0.110 e. The van der Waals surface area contributed by atoms with Gasteiger partial charge in [0.1, 0.15) is 5.82 Å². The molecule has 96 valence electrons. The molecule has 0 saturated heterocycles. The maximum absolute atomic E-state index is 6.58. The Morgan fingerprint density at radius 1 is 1.47 bits per heavy atom. The van der Waals surface area contributed by atoms with Gasteiger partial charge in [-0.3, -0.25) is 0 Å². The SMILES string of the molecule is CCn1ccnc1CC1(N)CCCC(C)CC1. The van der Waals surface area contributed by atoms with Crippen LogP contribution in [0.25, 0.3) is 0 Å². The van der Waals surface area contributed by atoms with E-state index < -0.39 is 0 Å². The average molecular weight is 235 g/mol. The second kappa shape index (κ2) is 5.21. The minimum Gasteiger partial charge on any atom is -0.335 e. The minimum atomic E-state index is -0.0248. The number of rotatable bonds is 3. The highest BCUT2D eigenvalue weighted by atomic mass is 15.1. The molecule has 3 heteroatoms. The molecule has 2 unspecified atom stereocenters. The summed E-state index contributed by atoms with van der Waals surface area (Å²) >= 11 is 0. The Balaban J connectivity index is 2.06. The largest absolute Gasteiger partial charge is 0.335 e. The van der Waals surface area contributed by atoms with Gasteiger partial charge in [0, 0.05) is 30.9 Å². The van der Waals surface area contributed by atoms with Gasteiger partial charge in [0.15, 0.2) is 0 Å². The molecule has 2 rings (SSSR count). The van der Waals surface area contributed by atoms with Crippen molar-refractivity contribution in [2.24, 2.45) is 11.7 Å². The normalized spacial score (nSPS) is 30.2. The van der Waals surface area contributed by atoms with E-state index >= 15 is 0 Å². The van der Waals surface area contributed by atoms with Crippen molar-refractivity contribution in [3.8, 4) is 0 Å². The molecule has 1 aliphatic rings. The highest BCUT2D eigenvalue weighted by Crippen LogP contribution is 2.30. The van der Waals surface area contributed by atoms with Crippen LogP contribution in [0.3, 0.4) is 0 Å². The lowest BCUT2D eigenvalue weighted by atomic mass is 9.87. The predicted octanol–water partition coefficient (Wildman–Crippen LogP) is 2.74. The van der Waals surface area contributed by atoms with E-state index in [1.54, 1.807) is 0 Å². The predicted molar refractivity (Wildman–Crippen MR) is 70.8 cm³/mol. The summed E-state index contributed by atoms with van der Waals surface area (Å²) in [4.78, 5) is 4.46. The average Bonchev–Trinajstić information content (AvgIpc) is 2.66. The molecule has 1 aromatic rings. The summed E-state index contributed by atoms with van der Waals surface area (Å²) in [5, 5.41) is 0. The van der Waals surface area contributed by atoms with Gasteiger partial charge >= 0.3 is 0 Å². The molecule has 1 saturated carbocycles. The lowest BCUT2D eigenvalue weighted by Crippen LogP contribution is -2.42. The number of nitrogens with zero attached hydrogens (tertiary/aromatic N) is 2. The zero-order valence-electron chi connectivity index (χ0n) is 11.2. The molecule has 0 radical (unpaired) electrons. The van der Waals surface area contributed by atoms with Gasteiger partial charge in [-0.15, -0.1) is 0 Å². The number of aromatic nitrogens is 2. The van der Waals surface area contributed by atoms with Crippen LogP contribution in [-0.4, -0.2) is 15.1 Å². The monoisotopic (exact) mass is 235 g/mol. The van der Waals surface area contributed by atoms with E-state index in [0.717, 1.165) is 37.5 Å². The second-order valence-corrected chi connectivity index (χ2v) is 5.70. The third-order valence-electron chi connectivity index (χ3n) is 4.16. The third-order valence-corrected chi connectivity index (χ3v) is 4.16. The Morgan fingerprint density at radius 2 is 2.29 bits per heavy atom. The lowest BCUT2D eigenvalue weighted by Gasteiger charge is -2.28. The molecule has 1 fully saturated rings. The van der Waals surface area contributed by atoms with Gasteiger partial charge < -0.3 is 10.3 Å². The van der Waals surface area contributed by atoms with Crippen LogP contribution in [0.15, 0.2) is 12.4 Å². The number of hydrogen-bond acceptors (Lipinski definition) is 2. The van der Waals surface area contributed by atoms with Gasteiger partial charge in [0.05, 0.1) is 0 Å². The van der Waals surface area contributed by atoms with E-state index in [9.17, 15) is 0 Å². The Bertz CT molecular complexity index is 358. The van der Waals surface area contributed by atoms with Crippen molar-refractivity contribution in [2.75, 3.05) is 0 Å². The van der Waals surface area contributed by atoms with E-state index in [-0.39, 0.29) is 5.54 Å². The van der Waals surface area contributed by atoms with Gasteiger partial charge in [-0.2, -0.15) is 0 Å². The standard InChI is InChI=1S/C14H25N3/c1-3-17-10-9-16-13(17)11-14(15)7-4-5-12(2)6-8-14/h9-10,12H,3-8,11,15H2,1-2H3. The van der Waals surface area contributed by atoms with Crippen molar-refractivity contribution in [2.45, 2.75) is 64.5 Å². The van der Waals surface area contributed by atoms with E-state index in [4.69, 9.17) is 5.73 Å². The van der Waals surface area contributed by atoms with Crippen molar-refractivity contribution >= 4 is 0 Å². The first-order valence-electron chi connectivity index (χ1n) is 6.92. The van der Waals surface area contributed by atoms with Gasteiger partial charge in [-0.05, 0) is 32.1 Å². The number of imidazole rings is 1. The smallest absolute Gasteiger partial charge is 0.110 e. The van der Waals surface area contributed by atoms with E-state index in [1.165, 1.54) is 19.3 Å². The number of aryl methyl sites for hydroxylation is 1. The van der Waals surface area contributed by atoms with E-state index in [2.05, 4.69) is 29.6 Å². The second-order valence-electron chi connectivity index (χ2n) is 5.70. The third kappa shape index (κ3) is 3.09. The minimum absolute atomic E-state index is 0.0248. The van der Waals surface area contributed by atoms with Crippen LogP contribution in [0.1, 0.15) is 51.8 Å². The summed E-state index contributed by atoms with van der Waals surface area (Å²) in [5.41, 5.74) is 6.56. The molecule has 0 aromatic carbocycles. The highest BCUT2D eigenvalue weighted by Gasteiger charge is 2.29. The van der Waals surface area contributed by atoms with Gasteiger partial charge in [-0.1, -0.05) is 19.8 Å². The molecule has 1 heterocycles. The fraction of sp³-hybridized carbons (Fsp3) is 0.786. The summed E-state index contributed by atoms with van der Waals surface area (Å²) in [5.74, 6) is 2.00. The number of hydrogen-bond donors (Lipinski definition) is 1. The Labute approximate surface area is 104 Å². The molecule has 0 spiro atoms. The van der Waals surface area contributed by atoms with Gasteiger partial charge in [0.25, 0.3) is 0 Å². The number of nitrogens with two attached hydrogens (primary N) is 1. The van der Waals surface area contributed by atoms with E-state index in [1.807, 2.05) is 6.20 Å². The molecule has 1 aromatic heterocycles. The maximum atomic E-state index is 6.58.